The van der Waals surface area contributed by atoms with Crippen molar-refractivity contribution in [2.45, 2.75) is 12.1 Å². The Morgan fingerprint density at radius 2 is 1.82 bits per heavy atom. The summed E-state index contributed by atoms with van der Waals surface area (Å²) < 4.78 is 16.6. The minimum atomic E-state index is -0.910. The molecule has 4 aromatic rings. The number of alkyl halides is 1. The molecule has 0 bridgehead atoms. The Morgan fingerprint density at radius 3 is 2.47 bits per heavy atom. The number of aliphatic hydroxyl groups is 1. The largest absolute Gasteiger partial charge is 0.493 e. The molecule has 0 saturated carbocycles. The number of hydrogen-bond donors (Lipinski definition) is 3. The van der Waals surface area contributed by atoms with Crippen molar-refractivity contribution in [3.8, 4) is 17.2 Å². The van der Waals surface area contributed by atoms with E-state index in [2.05, 4.69) is 28.5 Å². The van der Waals surface area contributed by atoms with Crippen LogP contribution in [0.1, 0.15) is 23.4 Å². The quantitative estimate of drug-likeness (QED) is 0.314. The van der Waals surface area contributed by atoms with Gasteiger partial charge in [0.2, 0.25) is 5.75 Å². The number of rotatable bonds is 7. The van der Waals surface area contributed by atoms with Crippen LogP contribution < -0.4 is 24.4 Å². The molecule has 0 spiro atoms. The third kappa shape index (κ3) is 3.30. The van der Waals surface area contributed by atoms with Crippen LogP contribution in [0.5, 0.6) is 17.2 Å². The number of aromatic nitrogens is 1. The van der Waals surface area contributed by atoms with Crippen molar-refractivity contribution in [1.29, 1.82) is 0 Å². The molecule has 0 radical (unpaired) electrons. The Labute approximate surface area is 203 Å². The molecule has 0 saturated heterocycles. The highest BCUT2D eigenvalue weighted by atomic mass is 35.5. The molecule has 178 valence electrons. The fourth-order valence-electron chi connectivity index (χ4n) is 5.11. The minimum absolute atomic E-state index is 0.0984. The fourth-order valence-corrected chi connectivity index (χ4v) is 5.37. The fraction of sp³-hybridized carbons (Fsp3) is 0.308. The van der Waals surface area contributed by atoms with E-state index in [1.54, 1.807) is 21.3 Å². The summed E-state index contributed by atoms with van der Waals surface area (Å²) in [5, 5.41) is 18.0. The first-order valence-corrected chi connectivity index (χ1v) is 11.6. The van der Waals surface area contributed by atoms with Gasteiger partial charge in [-0.15, -0.1) is 11.6 Å². The maximum atomic E-state index is 11.6. The van der Waals surface area contributed by atoms with Gasteiger partial charge in [-0.3, -0.25) is 0 Å². The first kappa shape index (κ1) is 22.5. The second-order valence-corrected chi connectivity index (χ2v) is 8.67. The molecule has 1 aliphatic rings. The van der Waals surface area contributed by atoms with Crippen LogP contribution >= 0.6 is 11.6 Å². The zero-order valence-corrected chi connectivity index (χ0v) is 20.4. The van der Waals surface area contributed by atoms with Crippen LogP contribution in [0.3, 0.4) is 0 Å². The van der Waals surface area contributed by atoms with Gasteiger partial charge in [-0.05, 0) is 29.1 Å². The van der Waals surface area contributed by atoms with Gasteiger partial charge in [-0.1, -0.05) is 24.3 Å². The van der Waals surface area contributed by atoms with Gasteiger partial charge in [0.1, 0.15) is 0 Å². The zero-order valence-electron chi connectivity index (χ0n) is 19.6. The number of methoxy groups -OCH3 is 3. The van der Waals surface area contributed by atoms with Crippen molar-refractivity contribution >= 4 is 44.7 Å². The molecule has 1 aromatic heterocycles. The van der Waals surface area contributed by atoms with E-state index in [0.717, 1.165) is 33.1 Å². The molecule has 7 nitrogen and oxygen atoms in total. The van der Waals surface area contributed by atoms with Crippen LogP contribution in [0.2, 0.25) is 0 Å². The van der Waals surface area contributed by atoms with Gasteiger partial charge in [-0.2, -0.15) is 0 Å². The third-order valence-corrected chi connectivity index (χ3v) is 7.04. The topological polar surface area (TPSA) is 79.0 Å². The van der Waals surface area contributed by atoms with Gasteiger partial charge in [0.25, 0.3) is 0 Å². The highest BCUT2D eigenvalue weighted by Crippen LogP contribution is 2.48. The van der Waals surface area contributed by atoms with E-state index < -0.39 is 6.23 Å². The lowest BCUT2D eigenvalue weighted by molar-refractivity contribution is 0.169. The SMILES string of the molecule is CNc1cc2c(c3ccccc13)[C@H](CCl)CN2C(O)c1cc2cc(OC)c(OC)c(OC)c2[nH]1. The molecule has 3 N–H and O–H groups in total. The average Bonchev–Trinajstić information content (AvgIpc) is 3.47. The first-order chi connectivity index (χ1) is 16.6. The Bertz CT molecular complexity index is 1370. The number of anilines is 2. The smallest absolute Gasteiger partial charge is 0.205 e. The summed E-state index contributed by atoms with van der Waals surface area (Å²) in [5.41, 5.74) is 4.53. The van der Waals surface area contributed by atoms with Crippen molar-refractivity contribution < 1.29 is 19.3 Å². The summed E-state index contributed by atoms with van der Waals surface area (Å²) >= 11 is 6.42. The van der Waals surface area contributed by atoms with Crippen LogP contribution in [-0.4, -0.2) is 50.9 Å². The molecule has 1 unspecified atom stereocenters. The standard InChI is InChI=1S/C26H28ClN3O4/c1-28-18-11-20-22(17-8-6-5-7-16(17)18)15(12-27)13-30(20)26(31)19-9-14-10-21(32-2)24(33-3)25(34-4)23(14)29-19/h5-11,15,26,28-29,31H,12-13H2,1-4H3/t15-,26?/m1/s1. The molecular formula is C26H28ClN3O4. The van der Waals surface area contributed by atoms with E-state index >= 15 is 0 Å². The predicted molar refractivity (Wildman–Crippen MR) is 137 cm³/mol. The van der Waals surface area contributed by atoms with Crippen molar-refractivity contribution in [3.63, 3.8) is 0 Å². The summed E-state index contributed by atoms with van der Waals surface area (Å²) in [6.07, 6.45) is -0.910. The van der Waals surface area contributed by atoms with Crippen molar-refractivity contribution in [2.75, 3.05) is 51.0 Å². The van der Waals surface area contributed by atoms with Gasteiger partial charge in [0.15, 0.2) is 17.7 Å². The third-order valence-electron chi connectivity index (χ3n) is 6.67. The maximum Gasteiger partial charge on any atom is 0.205 e. The van der Waals surface area contributed by atoms with E-state index in [1.165, 1.54) is 5.56 Å². The monoisotopic (exact) mass is 481 g/mol. The summed E-state index contributed by atoms with van der Waals surface area (Å²) in [4.78, 5) is 5.35. The minimum Gasteiger partial charge on any atom is -0.493 e. The van der Waals surface area contributed by atoms with E-state index in [-0.39, 0.29) is 5.92 Å². The molecule has 0 amide bonds. The number of nitrogens with zero attached hydrogens (tertiary/aromatic N) is 1. The second-order valence-electron chi connectivity index (χ2n) is 8.36. The van der Waals surface area contributed by atoms with Crippen LogP contribution in [-0.2, 0) is 0 Å². The molecule has 3 aromatic carbocycles. The molecule has 34 heavy (non-hydrogen) atoms. The first-order valence-electron chi connectivity index (χ1n) is 11.1. The summed E-state index contributed by atoms with van der Waals surface area (Å²) in [7, 11) is 6.65. The number of H-pyrrole nitrogens is 1. The van der Waals surface area contributed by atoms with Crippen molar-refractivity contribution in [1.82, 2.24) is 4.98 Å². The second kappa shape index (κ2) is 8.81. The van der Waals surface area contributed by atoms with Crippen LogP contribution in [0.4, 0.5) is 11.4 Å². The van der Waals surface area contributed by atoms with Gasteiger partial charge in [0, 0.05) is 47.5 Å². The van der Waals surface area contributed by atoms with E-state index in [4.69, 9.17) is 25.8 Å². The number of halogens is 1. The van der Waals surface area contributed by atoms with E-state index in [1.807, 2.05) is 36.2 Å². The highest BCUT2D eigenvalue weighted by molar-refractivity contribution is 6.19. The number of nitrogens with one attached hydrogen (secondary N) is 2. The van der Waals surface area contributed by atoms with Crippen molar-refractivity contribution in [2.24, 2.45) is 0 Å². The summed E-state index contributed by atoms with van der Waals surface area (Å²) in [5.74, 6) is 2.15. The molecule has 8 heteroatoms. The lowest BCUT2D eigenvalue weighted by atomic mass is 9.95. The highest BCUT2D eigenvalue weighted by Gasteiger charge is 2.35. The predicted octanol–water partition coefficient (Wildman–Crippen LogP) is 5.22. The Balaban J connectivity index is 1.64. The Hall–Kier alpha value is -3.29. The Kier molecular flexibility index (Phi) is 5.83. The van der Waals surface area contributed by atoms with Gasteiger partial charge < -0.3 is 34.5 Å². The maximum absolute atomic E-state index is 11.6. The molecule has 0 fully saturated rings. The Morgan fingerprint density at radius 1 is 1.09 bits per heavy atom. The number of aliphatic hydroxyl groups excluding tert-OH is 1. The average molecular weight is 482 g/mol. The molecule has 2 heterocycles. The molecular weight excluding hydrogens is 454 g/mol. The van der Waals surface area contributed by atoms with Crippen LogP contribution in [0.15, 0.2) is 42.5 Å². The van der Waals surface area contributed by atoms with Crippen molar-refractivity contribution in [3.05, 3.63) is 53.7 Å². The summed E-state index contributed by atoms with van der Waals surface area (Å²) in [6, 6.07) is 14.2. The number of ether oxygens (including phenoxy) is 3. The van der Waals surface area contributed by atoms with Gasteiger partial charge in [0.05, 0.1) is 32.5 Å². The molecule has 5 rings (SSSR count). The molecule has 2 atom stereocenters. The van der Waals surface area contributed by atoms with E-state index in [9.17, 15) is 5.11 Å². The lowest BCUT2D eigenvalue weighted by Gasteiger charge is -2.26. The normalized spacial score (nSPS) is 16.1. The number of benzene rings is 3. The number of aromatic amines is 1. The number of fused-ring (bicyclic) bond motifs is 4. The lowest BCUT2D eigenvalue weighted by Crippen LogP contribution is -2.28. The van der Waals surface area contributed by atoms with Crippen LogP contribution in [0.25, 0.3) is 21.7 Å². The van der Waals surface area contributed by atoms with Gasteiger partial charge >= 0.3 is 0 Å². The zero-order chi connectivity index (χ0) is 24.0. The van der Waals surface area contributed by atoms with Gasteiger partial charge in [-0.25, -0.2) is 0 Å². The number of hydrogen-bond acceptors (Lipinski definition) is 6. The van der Waals surface area contributed by atoms with E-state index in [0.29, 0.717) is 35.4 Å². The molecule has 0 aliphatic carbocycles. The van der Waals surface area contributed by atoms with Crippen LogP contribution in [0, 0.1) is 0 Å². The summed E-state index contributed by atoms with van der Waals surface area (Å²) in [6.45, 7) is 0.607. The molecule has 1 aliphatic heterocycles.